The number of carboxylic acids is 1. The Morgan fingerprint density at radius 2 is 1.88 bits per heavy atom. The van der Waals surface area contributed by atoms with Gasteiger partial charge in [0.25, 0.3) is 0 Å². The van der Waals surface area contributed by atoms with Crippen LogP contribution in [0.2, 0.25) is 5.02 Å². The van der Waals surface area contributed by atoms with Gasteiger partial charge in [0, 0.05) is 11.4 Å². The Kier molecular flexibility index (Phi) is 5.29. The standard InChI is InChI=1S/C13H17ClO3/c1-9-7-11(8-10(2)13(9)14)17-6-4-3-5-12(15)16/h7-8H,3-6H2,1-2H3,(H,15,16). The van der Waals surface area contributed by atoms with E-state index in [0.29, 0.717) is 13.0 Å². The van der Waals surface area contributed by atoms with Crippen molar-refractivity contribution in [2.75, 3.05) is 6.61 Å². The van der Waals surface area contributed by atoms with Crippen molar-refractivity contribution < 1.29 is 14.6 Å². The zero-order chi connectivity index (χ0) is 12.8. The van der Waals surface area contributed by atoms with E-state index in [9.17, 15) is 4.79 Å². The van der Waals surface area contributed by atoms with Crippen molar-refractivity contribution in [2.24, 2.45) is 0 Å². The van der Waals surface area contributed by atoms with Gasteiger partial charge in [-0.05, 0) is 49.9 Å². The monoisotopic (exact) mass is 256 g/mol. The number of hydrogen-bond acceptors (Lipinski definition) is 2. The molecule has 0 aliphatic rings. The molecule has 1 aromatic carbocycles. The number of aliphatic carboxylic acids is 1. The van der Waals surface area contributed by atoms with Gasteiger partial charge in [-0.2, -0.15) is 0 Å². The molecule has 0 fully saturated rings. The topological polar surface area (TPSA) is 46.5 Å². The number of benzene rings is 1. The molecule has 0 unspecified atom stereocenters. The maximum Gasteiger partial charge on any atom is 0.303 e. The third-order valence-electron chi connectivity index (χ3n) is 2.46. The molecule has 1 aromatic rings. The number of carboxylic acid groups (broad SMARTS) is 1. The average Bonchev–Trinajstić information content (AvgIpc) is 2.25. The zero-order valence-electron chi connectivity index (χ0n) is 10.1. The van der Waals surface area contributed by atoms with Gasteiger partial charge in [-0.3, -0.25) is 4.79 Å². The molecule has 94 valence electrons. The third kappa shape index (κ3) is 4.65. The lowest BCUT2D eigenvalue weighted by molar-refractivity contribution is -0.137. The number of halogens is 1. The molecular weight excluding hydrogens is 240 g/mol. The lowest BCUT2D eigenvalue weighted by Crippen LogP contribution is -2.00. The summed E-state index contributed by atoms with van der Waals surface area (Å²) >= 11 is 6.05. The average molecular weight is 257 g/mol. The van der Waals surface area contributed by atoms with Gasteiger partial charge in [0.05, 0.1) is 6.61 Å². The van der Waals surface area contributed by atoms with Crippen molar-refractivity contribution in [1.82, 2.24) is 0 Å². The van der Waals surface area contributed by atoms with Crippen LogP contribution in [0.15, 0.2) is 12.1 Å². The van der Waals surface area contributed by atoms with E-state index in [1.165, 1.54) is 0 Å². The van der Waals surface area contributed by atoms with Gasteiger partial charge < -0.3 is 9.84 Å². The Morgan fingerprint density at radius 1 is 1.29 bits per heavy atom. The van der Waals surface area contributed by atoms with Gasteiger partial charge in [-0.15, -0.1) is 0 Å². The second kappa shape index (κ2) is 6.50. The normalized spacial score (nSPS) is 10.3. The second-order valence-electron chi connectivity index (χ2n) is 4.07. The first-order chi connectivity index (χ1) is 8.00. The minimum Gasteiger partial charge on any atom is -0.494 e. The number of aryl methyl sites for hydroxylation is 2. The SMILES string of the molecule is Cc1cc(OCCCCC(=O)O)cc(C)c1Cl. The lowest BCUT2D eigenvalue weighted by atomic mass is 10.1. The number of carbonyl (C=O) groups is 1. The molecule has 0 heterocycles. The quantitative estimate of drug-likeness (QED) is 0.791. The minimum absolute atomic E-state index is 0.196. The Morgan fingerprint density at radius 3 is 2.41 bits per heavy atom. The Balaban J connectivity index is 2.39. The first kappa shape index (κ1) is 13.8. The highest BCUT2D eigenvalue weighted by molar-refractivity contribution is 6.32. The summed E-state index contributed by atoms with van der Waals surface area (Å²) in [5.74, 6) is 0.0305. The number of ether oxygens (including phenoxy) is 1. The van der Waals surface area contributed by atoms with Crippen molar-refractivity contribution in [2.45, 2.75) is 33.1 Å². The van der Waals surface area contributed by atoms with E-state index in [4.69, 9.17) is 21.4 Å². The van der Waals surface area contributed by atoms with E-state index in [2.05, 4.69) is 0 Å². The van der Waals surface area contributed by atoms with Crippen LogP contribution in [-0.4, -0.2) is 17.7 Å². The van der Waals surface area contributed by atoms with Gasteiger partial charge in [0.2, 0.25) is 0 Å². The molecule has 0 bridgehead atoms. The van der Waals surface area contributed by atoms with E-state index in [1.807, 2.05) is 26.0 Å². The van der Waals surface area contributed by atoms with Gasteiger partial charge in [-0.25, -0.2) is 0 Å². The van der Waals surface area contributed by atoms with E-state index >= 15 is 0 Å². The Labute approximate surface area is 106 Å². The zero-order valence-corrected chi connectivity index (χ0v) is 10.9. The van der Waals surface area contributed by atoms with Crippen LogP contribution < -0.4 is 4.74 Å². The van der Waals surface area contributed by atoms with E-state index in [0.717, 1.165) is 28.3 Å². The summed E-state index contributed by atoms with van der Waals surface area (Å²) in [4.78, 5) is 10.3. The number of hydrogen-bond donors (Lipinski definition) is 1. The summed E-state index contributed by atoms with van der Waals surface area (Å²) in [5, 5.41) is 9.24. The molecule has 0 atom stereocenters. The van der Waals surface area contributed by atoms with E-state index in [-0.39, 0.29) is 6.42 Å². The first-order valence-electron chi connectivity index (χ1n) is 5.62. The van der Waals surface area contributed by atoms with Crippen LogP contribution in [0.25, 0.3) is 0 Å². The Hall–Kier alpha value is -1.22. The molecule has 17 heavy (non-hydrogen) atoms. The van der Waals surface area contributed by atoms with Gasteiger partial charge in [0.15, 0.2) is 0 Å². The van der Waals surface area contributed by atoms with Crippen LogP contribution in [0.4, 0.5) is 0 Å². The summed E-state index contributed by atoms with van der Waals surface area (Å²) in [6.07, 6.45) is 1.58. The molecule has 1 N–H and O–H groups in total. The third-order valence-corrected chi connectivity index (χ3v) is 3.06. The molecule has 0 aliphatic heterocycles. The number of rotatable bonds is 6. The maximum atomic E-state index is 10.3. The molecule has 0 saturated heterocycles. The van der Waals surface area contributed by atoms with Crippen molar-refractivity contribution in [3.63, 3.8) is 0 Å². The van der Waals surface area contributed by atoms with Crippen LogP contribution in [-0.2, 0) is 4.79 Å². The predicted octanol–water partition coefficient (Wildman–Crippen LogP) is 3.59. The van der Waals surface area contributed by atoms with Crippen molar-refractivity contribution in [3.8, 4) is 5.75 Å². The predicted molar refractivity (Wildman–Crippen MR) is 67.9 cm³/mol. The number of unbranched alkanes of at least 4 members (excludes halogenated alkanes) is 1. The summed E-state index contributed by atoms with van der Waals surface area (Å²) in [6, 6.07) is 3.79. The summed E-state index contributed by atoms with van der Waals surface area (Å²) in [5.41, 5.74) is 1.99. The molecule has 0 aromatic heterocycles. The van der Waals surface area contributed by atoms with E-state index < -0.39 is 5.97 Å². The molecule has 0 spiro atoms. The fourth-order valence-corrected chi connectivity index (χ4v) is 1.67. The maximum absolute atomic E-state index is 10.3. The Bertz CT molecular complexity index is 379. The highest BCUT2D eigenvalue weighted by atomic mass is 35.5. The van der Waals surface area contributed by atoms with Gasteiger partial charge >= 0.3 is 5.97 Å². The molecule has 0 saturated carbocycles. The minimum atomic E-state index is -0.761. The molecule has 0 radical (unpaired) electrons. The van der Waals surface area contributed by atoms with Crippen molar-refractivity contribution in [3.05, 3.63) is 28.3 Å². The van der Waals surface area contributed by atoms with Gasteiger partial charge in [0.1, 0.15) is 5.75 Å². The summed E-state index contributed by atoms with van der Waals surface area (Å²) in [7, 11) is 0. The van der Waals surface area contributed by atoms with Crippen LogP contribution in [0.5, 0.6) is 5.75 Å². The lowest BCUT2D eigenvalue weighted by Gasteiger charge is -2.09. The first-order valence-corrected chi connectivity index (χ1v) is 6.00. The molecular formula is C13H17ClO3. The smallest absolute Gasteiger partial charge is 0.303 e. The highest BCUT2D eigenvalue weighted by Gasteiger charge is 2.03. The van der Waals surface area contributed by atoms with E-state index in [1.54, 1.807) is 0 Å². The molecule has 0 aliphatic carbocycles. The summed E-state index contributed by atoms with van der Waals surface area (Å²) < 4.78 is 5.55. The fraction of sp³-hybridized carbons (Fsp3) is 0.462. The second-order valence-corrected chi connectivity index (χ2v) is 4.45. The highest BCUT2D eigenvalue weighted by Crippen LogP contribution is 2.25. The van der Waals surface area contributed by atoms with Crippen LogP contribution >= 0.6 is 11.6 Å². The largest absolute Gasteiger partial charge is 0.494 e. The van der Waals surface area contributed by atoms with Gasteiger partial charge in [-0.1, -0.05) is 11.6 Å². The molecule has 1 rings (SSSR count). The van der Waals surface area contributed by atoms with Crippen molar-refractivity contribution >= 4 is 17.6 Å². The van der Waals surface area contributed by atoms with Crippen LogP contribution in [0, 0.1) is 13.8 Å². The molecule has 3 nitrogen and oxygen atoms in total. The fourth-order valence-electron chi connectivity index (χ4n) is 1.56. The molecule has 0 amide bonds. The van der Waals surface area contributed by atoms with Crippen LogP contribution in [0.3, 0.4) is 0 Å². The van der Waals surface area contributed by atoms with Crippen LogP contribution in [0.1, 0.15) is 30.4 Å². The molecule has 4 heteroatoms. The van der Waals surface area contributed by atoms with Crippen molar-refractivity contribution in [1.29, 1.82) is 0 Å². The summed E-state index contributed by atoms with van der Waals surface area (Å²) in [6.45, 7) is 4.41.